The van der Waals surface area contributed by atoms with Crippen LogP contribution in [0.25, 0.3) is 6.08 Å². The second kappa shape index (κ2) is 11.4. The van der Waals surface area contributed by atoms with Crippen LogP contribution in [0.5, 0.6) is 0 Å². The van der Waals surface area contributed by atoms with E-state index in [1.54, 1.807) is 6.08 Å². The molecule has 0 saturated carbocycles. The van der Waals surface area contributed by atoms with E-state index in [4.69, 9.17) is 16.3 Å². The lowest BCUT2D eigenvalue weighted by atomic mass is 10.2. The lowest BCUT2D eigenvalue weighted by molar-refractivity contribution is -0.126. The zero-order valence-electron chi connectivity index (χ0n) is 20.1. The van der Waals surface area contributed by atoms with Crippen LogP contribution in [0.15, 0.2) is 42.5 Å². The molecule has 0 bridgehead atoms. The molecule has 0 aliphatic carbocycles. The van der Waals surface area contributed by atoms with Crippen molar-refractivity contribution in [1.82, 2.24) is 20.0 Å². The van der Waals surface area contributed by atoms with Crippen molar-refractivity contribution in [2.75, 3.05) is 75.3 Å². The van der Waals surface area contributed by atoms with Gasteiger partial charge in [0.25, 0.3) is 0 Å². The van der Waals surface area contributed by atoms with Crippen molar-refractivity contribution in [3.05, 3.63) is 53.1 Å². The first kappa shape index (κ1) is 24.0. The number of hydrogen-bond acceptors (Lipinski definition) is 7. The molecule has 3 aliphatic rings. The summed E-state index contributed by atoms with van der Waals surface area (Å²) >= 11 is 5.92. The second-order valence-corrected chi connectivity index (χ2v) is 9.81. The van der Waals surface area contributed by atoms with Crippen LogP contribution in [-0.2, 0) is 9.53 Å². The number of amides is 1. The normalized spacial score (nSPS) is 21.7. The maximum atomic E-state index is 12.6. The summed E-state index contributed by atoms with van der Waals surface area (Å²) in [6.45, 7) is 8.78. The summed E-state index contributed by atoms with van der Waals surface area (Å²) < 4.78 is 5.78. The fourth-order valence-electron chi connectivity index (χ4n) is 4.89. The molecule has 5 rings (SSSR count). The van der Waals surface area contributed by atoms with Crippen LogP contribution in [0.2, 0.25) is 5.02 Å². The minimum Gasteiger partial charge on any atom is -0.377 e. The van der Waals surface area contributed by atoms with Crippen molar-refractivity contribution in [2.45, 2.75) is 18.9 Å². The van der Waals surface area contributed by atoms with Gasteiger partial charge in [-0.05, 0) is 48.7 Å². The van der Waals surface area contributed by atoms with Gasteiger partial charge in [-0.15, -0.1) is 10.2 Å². The molecule has 2 aromatic rings. The van der Waals surface area contributed by atoms with Gasteiger partial charge in [0.05, 0.1) is 6.10 Å². The van der Waals surface area contributed by atoms with Crippen molar-refractivity contribution in [3.8, 4) is 0 Å². The van der Waals surface area contributed by atoms with Crippen LogP contribution in [0.1, 0.15) is 18.4 Å². The number of ether oxygens (including phenoxy) is 1. The number of carbonyl (C=O) groups excluding carboxylic acids is 1. The van der Waals surface area contributed by atoms with Gasteiger partial charge < -0.3 is 19.4 Å². The van der Waals surface area contributed by atoms with E-state index in [1.165, 1.54) is 12.8 Å². The third-order valence-corrected chi connectivity index (χ3v) is 7.27. The Morgan fingerprint density at radius 2 is 1.54 bits per heavy atom. The number of piperazine rings is 2. The number of benzene rings is 1. The molecular formula is C26H33ClN6O2. The molecule has 0 radical (unpaired) electrons. The second-order valence-electron chi connectivity index (χ2n) is 9.37. The van der Waals surface area contributed by atoms with Crippen LogP contribution in [0.3, 0.4) is 0 Å². The molecule has 0 N–H and O–H groups in total. The smallest absolute Gasteiger partial charge is 0.246 e. The first-order valence-corrected chi connectivity index (χ1v) is 12.9. The Hall–Kier alpha value is -2.68. The number of aromatic nitrogens is 2. The molecule has 1 amide bonds. The molecule has 3 fully saturated rings. The first-order chi connectivity index (χ1) is 17.1. The fourth-order valence-corrected chi connectivity index (χ4v) is 5.02. The molecule has 1 aromatic heterocycles. The van der Waals surface area contributed by atoms with E-state index in [-0.39, 0.29) is 5.91 Å². The Bertz CT molecular complexity index is 994. The van der Waals surface area contributed by atoms with E-state index in [2.05, 4.69) is 37.0 Å². The summed E-state index contributed by atoms with van der Waals surface area (Å²) in [6.07, 6.45) is 6.26. The van der Waals surface area contributed by atoms with Gasteiger partial charge in [-0.1, -0.05) is 23.7 Å². The van der Waals surface area contributed by atoms with Crippen molar-refractivity contribution in [2.24, 2.45) is 0 Å². The van der Waals surface area contributed by atoms with E-state index in [1.807, 2.05) is 35.2 Å². The summed E-state index contributed by atoms with van der Waals surface area (Å²) in [5, 5.41) is 9.71. The van der Waals surface area contributed by atoms with Crippen LogP contribution < -0.4 is 9.80 Å². The third-order valence-electron chi connectivity index (χ3n) is 7.02. The quantitative estimate of drug-likeness (QED) is 0.570. The molecule has 3 aliphatic heterocycles. The van der Waals surface area contributed by atoms with Crippen LogP contribution >= 0.6 is 11.6 Å². The molecule has 35 heavy (non-hydrogen) atoms. The number of hydrogen-bond donors (Lipinski definition) is 0. The first-order valence-electron chi connectivity index (χ1n) is 12.5. The predicted octanol–water partition coefficient (Wildman–Crippen LogP) is 2.79. The van der Waals surface area contributed by atoms with Gasteiger partial charge in [0.1, 0.15) is 0 Å². The largest absolute Gasteiger partial charge is 0.377 e. The molecule has 3 saturated heterocycles. The van der Waals surface area contributed by atoms with Gasteiger partial charge in [-0.2, -0.15) is 0 Å². The molecule has 0 spiro atoms. The zero-order valence-corrected chi connectivity index (χ0v) is 20.8. The van der Waals surface area contributed by atoms with Gasteiger partial charge in [-0.3, -0.25) is 9.69 Å². The van der Waals surface area contributed by atoms with Gasteiger partial charge in [0.15, 0.2) is 11.6 Å². The van der Waals surface area contributed by atoms with E-state index in [0.717, 1.165) is 69.6 Å². The highest BCUT2D eigenvalue weighted by Gasteiger charge is 2.24. The fraction of sp³-hybridized carbons (Fsp3) is 0.500. The Labute approximate surface area is 212 Å². The molecule has 4 heterocycles. The Kier molecular flexibility index (Phi) is 7.81. The molecule has 1 aromatic carbocycles. The van der Waals surface area contributed by atoms with Gasteiger partial charge >= 0.3 is 0 Å². The summed E-state index contributed by atoms with van der Waals surface area (Å²) in [5.74, 6) is 1.83. The van der Waals surface area contributed by atoms with Crippen molar-refractivity contribution < 1.29 is 9.53 Å². The Morgan fingerprint density at radius 1 is 0.914 bits per heavy atom. The molecular weight excluding hydrogens is 464 g/mol. The minimum atomic E-state index is 0.0275. The molecule has 1 unspecified atom stereocenters. The monoisotopic (exact) mass is 496 g/mol. The lowest BCUT2D eigenvalue weighted by Gasteiger charge is -2.36. The number of carbonyl (C=O) groups is 1. The highest BCUT2D eigenvalue weighted by molar-refractivity contribution is 6.30. The lowest BCUT2D eigenvalue weighted by Crippen LogP contribution is -2.49. The SMILES string of the molecule is O=C(/C=C/c1ccc(Cl)cc1)N1CCN(c2ccc(N3CCN(CC4CCCO4)CC3)nn2)CC1. The average Bonchev–Trinajstić information content (AvgIpc) is 3.42. The Balaban J connectivity index is 1.07. The molecule has 186 valence electrons. The van der Waals surface area contributed by atoms with E-state index >= 15 is 0 Å². The maximum absolute atomic E-state index is 12.6. The average molecular weight is 497 g/mol. The molecule has 8 nitrogen and oxygen atoms in total. The summed E-state index contributed by atoms with van der Waals surface area (Å²) in [6, 6.07) is 11.6. The van der Waals surface area contributed by atoms with Crippen LogP contribution in [0, 0.1) is 0 Å². The predicted molar refractivity (Wildman–Crippen MR) is 139 cm³/mol. The minimum absolute atomic E-state index is 0.0275. The van der Waals surface area contributed by atoms with E-state index < -0.39 is 0 Å². The summed E-state index contributed by atoms with van der Waals surface area (Å²) in [4.78, 5) is 21.5. The Morgan fingerprint density at radius 3 is 2.11 bits per heavy atom. The van der Waals surface area contributed by atoms with Crippen LogP contribution in [0.4, 0.5) is 11.6 Å². The molecule has 1 atom stereocenters. The molecule has 9 heteroatoms. The number of rotatable bonds is 6. The van der Waals surface area contributed by atoms with Crippen molar-refractivity contribution >= 4 is 35.2 Å². The highest BCUT2D eigenvalue weighted by Crippen LogP contribution is 2.20. The maximum Gasteiger partial charge on any atom is 0.246 e. The van der Waals surface area contributed by atoms with Gasteiger partial charge in [0.2, 0.25) is 5.91 Å². The topological polar surface area (TPSA) is 65.0 Å². The number of halogens is 1. The van der Waals surface area contributed by atoms with E-state index in [0.29, 0.717) is 24.2 Å². The zero-order chi connectivity index (χ0) is 24.0. The third kappa shape index (κ3) is 6.31. The highest BCUT2D eigenvalue weighted by atomic mass is 35.5. The standard InChI is InChI=1S/C26H33ClN6O2/c27-22-6-3-21(4-7-22)5-10-26(34)33-17-15-32(16-18-33)25-9-8-24(28-29-25)31-13-11-30(12-14-31)20-23-2-1-19-35-23/h3-10,23H,1-2,11-20H2/b10-5+. The van der Waals surface area contributed by atoms with Crippen molar-refractivity contribution in [1.29, 1.82) is 0 Å². The van der Waals surface area contributed by atoms with Crippen LogP contribution in [-0.4, -0.2) is 97.5 Å². The van der Waals surface area contributed by atoms with E-state index in [9.17, 15) is 4.79 Å². The van der Waals surface area contributed by atoms with Gasteiger partial charge in [0, 0.05) is 76.6 Å². The summed E-state index contributed by atoms with van der Waals surface area (Å²) in [7, 11) is 0. The summed E-state index contributed by atoms with van der Waals surface area (Å²) in [5.41, 5.74) is 0.959. The van der Waals surface area contributed by atoms with Crippen molar-refractivity contribution in [3.63, 3.8) is 0 Å². The number of anilines is 2. The number of nitrogens with zero attached hydrogens (tertiary/aromatic N) is 6. The van der Waals surface area contributed by atoms with Gasteiger partial charge in [-0.25, -0.2) is 0 Å².